The first kappa shape index (κ1) is 43.4. The zero-order valence-corrected chi connectivity index (χ0v) is 28.0. The number of carboxylic acid groups (broad SMARTS) is 2. The maximum Gasteiger partial charge on any atom is 0.397 e. The number of carbonyl (C=O) groups is 3. The summed E-state index contributed by atoms with van der Waals surface area (Å²) >= 11 is 0. The second-order valence-electron chi connectivity index (χ2n) is 12.3. The van der Waals surface area contributed by atoms with Gasteiger partial charge in [0.25, 0.3) is 0 Å². The molecule has 0 radical (unpaired) electrons. The van der Waals surface area contributed by atoms with Gasteiger partial charge in [0, 0.05) is 6.92 Å². The SMILES string of the molecule is CC(=O)N[C@H]1[C@@H](O[C@H]2[C@H](O)[C@@H](O)[C@H](O[C@H]3[C@H](O)[C@@H](CO)O[C@@H]3CO)O[C@@H]2C(=O)O)O[C@H](COS(=O)(=O)O)[C@@H](O[C@@H]2O[C@H](C(=O)O)[C@@H](O)[C@H](O)[C@H]2O)[C@@H]1O. The molecule has 0 bridgehead atoms. The van der Waals surface area contributed by atoms with Crippen LogP contribution in [0.2, 0.25) is 0 Å². The molecule has 0 aromatic rings. The van der Waals surface area contributed by atoms with Crippen LogP contribution in [-0.2, 0) is 62.1 Å². The van der Waals surface area contributed by atoms with Crippen LogP contribution in [0, 0.1) is 0 Å². The lowest BCUT2D eigenvalue weighted by atomic mass is 9.94. The number of hydrogen-bond donors (Lipinski definition) is 13. The van der Waals surface area contributed by atoms with Crippen LogP contribution in [0.4, 0.5) is 0 Å². The van der Waals surface area contributed by atoms with Crippen molar-refractivity contribution in [3.8, 4) is 0 Å². The number of aliphatic hydroxyl groups excluding tert-OH is 9. The highest BCUT2D eigenvalue weighted by Crippen LogP contribution is 2.35. The average molecular weight is 800 g/mol. The Morgan fingerprint density at radius 1 is 0.604 bits per heavy atom. The number of hydrogen-bond acceptors (Lipinski definition) is 22. The predicted molar refractivity (Wildman–Crippen MR) is 156 cm³/mol. The molecule has 4 heterocycles. The van der Waals surface area contributed by atoms with Crippen LogP contribution in [0.25, 0.3) is 0 Å². The smallest absolute Gasteiger partial charge is 0.397 e. The van der Waals surface area contributed by atoms with Gasteiger partial charge in [0.15, 0.2) is 31.1 Å². The van der Waals surface area contributed by atoms with Crippen molar-refractivity contribution in [2.45, 2.75) is 123 Å². The van der Waals surface area contributed by atoms with Crippen molar-refractivity contribution in [1.29, 1.82) is 0 Å². The molecule has 26 nitrogen and oxygen atoms in total. The summed E-state index contributed by atoms with van der Waals surface area (Å²) in [4.78, 5) is 36.1. The quantitative estimate of drug-likeness (QED) is 0.0725. The fourth-order valence-corrected chi connectivity index (χ4v) is 6.39. The van der Waals surface area contributed by atoms with Crippen molar-refractivity contribution in [2.24, 2.45) is 0 Å². The summed E-state index contributed by atoms with van der Waals surface area (Å²) < 4.78 is 74.2. The number of ether oxygens (including phenoxy) is 7. The monoisotopic (exact) mass is 799 g/mol. The molecule has 53 heavy (non-hydrogen) atoms. The minimum absolute atomic E-state index is 0.727. The first-order valence-corrected chi connectivity index (χ1v) is 17.0. The van der Waals surface area contributed by atoms with Crippen LogP contribution in [0.3, 0.4) is 0 Å². The van der Waals surface area contributed by atoms with Gasteiger partial charge in [0.05, 0.1) is 19.8 Å². The third-order valence-corrected chi connectivity index (χ3v) is 9.13. The van der Waals surface area contributed by atoms with Crippen LogP contribution < -0.4 is 5.32 Å². The Hall–Kier alpha value is -2.36. The molecular weight excluding hydrogens is 758 g/mol. The van der Waals surface area contributed by atoms with Crippen LogP contribution >= 0.6 is 0 Å². The van der Waals surface area contributed by atoms with E-state index in [1.807, 2.05) is 0 Å². The van der Waals surface area contributed by atoms with E-state index in [2.05, 4.69) is 9.50 Å². The van der Waals surface area contributed by atoms with Gasteiger partial charge in [-0.05, 0) is 0 Å². The van der Waals surface area contributed by atoms with E-state index in [9.17, 15) is 83.5 Å². The van der Waals surface area contributed by atoms with E-state index in [0.29, 0.717) is 0 Å². The molecule has 27 heteroatoms. The molecule has 4 saturated heterocycles. The zero-order chi connectivity index (χ0) is 39.7. The minimum Gasteiger partial charge on any atom is -0.479 e. The highest BCUT2D eigenvalue weighted by Gasteiger charge is 2.57. The Morgan fingerprint density at radius 3 is 1.62 bits per heavy atom. The minimum atomic E-state index is -5.29. The lowest BCUT2D eigenvalue weighted by Crippen LogP contribution is -2.70. The maximum atomic E-state index is 12.3. The molecule has 0 aromatic heterocycles. The number of aliphatic carboxylic acids is 2. The van der Waals surface area contributed by atoms with Gasteiger partial charge in [0.2, 0.25) is 5.91 Å². The molecule has 19 atom stereocenters. The maximum absolute atomic E-state index is 12.3. The second kappa shape index (κ2) is 17.6. The van der Waals surface area contributed by atoms with E-state index in [0.717, 1.165) is 6.92 Å². The number of nitrogens with one attached hydrogen (secondary N) is 1. The molecule has 4 aliphatic rings. The van der Waals surface area contributed by atoms with Gasteiger partial charge in [-0.1, -0.05) is 0 Å². The standard InChI is InChI=1S/C26H41NO25S/c1-5(30)27-9-11(32)18(49-25-15(36)12(33)13(34)20(51-25)22(38)39)8(4-45-53(42,43)44)47-24(9)50-19-14(35)16(37)26(52-21(19)23(40)41)48-17-7(3-29)46-6(2-28)10(17)31/h6-21,24-26,28-29,31-37H,2-4H2,1H3,(H,27,30)(H,38,39)(H,40,41)(H,42,43,44)/t6-,7-,8-,9-,10-,11-,12+,13+,14-,15-,16-,17-,18-,19+,20+,21+,24-,25-,26-/m1/s1. The summed E-state index contributed by atoms with van der Waals surface area (Å²) in [5.41, 5.74) is 0. The van der Waals surface area contributed by atoms with Gasteiger partial charge >= 0.3 is 22.3 Å². The van der Waals surface area contributed by atoms with E-state index < -0.39 is 165 Å². The molecule has 4 aliphatic heterocycles. The van der Waals surface area contributed by atoms with Gasteiger partial charge in [-0.15, -0.1) is 0 Å². The van der Waals surface area contributed by atoms with E-state index in [1.165, 1.54) is 0 Å². The molecule has 4 fully saturated rings. The van der Waals surface area contributed by atoms with E-state index >= 15 is 0 Å². The van der Waals surface area contributed by atoms with Crippen molar-refractivity contribution in [1.82, 2.24) is 5.32 Å². The Labute approximate surface area is 297 Å². The fourth-order valence-electron chi connectivity index (χ4n) is 6.09. The number of carboxylic acids is 2. The normalized spacial score (nSPS) is 45.1. The summed E-state index contributed by atoms with van der Waals surface area (Å²) in [6, 6.07) is -1.91. The molecule has 306 valence electrons. The average Bonchev–Trinajstić information content (AvgIpc) is 3.38. The Balaban J connectivity index is 1.62. The molecule has 0 unspecified atom stereocenters. The molecule has 0 aromatic carbocycles. The van der Waals surface area contributed by atoms with E-state index in [4.69, 9.17) is 33.2 Å². The number of carbonyl (C=O) groups excluding carboxylic acids is 1. The summed E-state index contributed by atoms with van der Waals surface area (Å²) in [6.45, 7) is -1.87. The largest absolute Gasteiger partial charge is 0.479 e. The van der Waals surface area contributed by atoms with Crippen molar-refractivity contribution < 1.29 is 121 Å². The molecular formula is C26H41NO25S. The first-order chi connectivity index (χ1) is 24.7. The second-order valence-corrected chi connectivity index (χ2v) is 13.4. The van der Waals surface area contributed by atoms with Gasteiger partial charge < -0.3 is 94.6 Å². The fraction of sp³-hybridized carbons (Fsp3) is 0.885. The van der Waals surface area contributed by atoms with Crippen molar-refractivity contribution in [3.05, 3.63) is 0 Å². The van der Waals surface area contributed by atoms with Gasteiger partial charge in [-0.3, -0.25) is 9.35 Å². The van der Waals surface area contributed by atoms with Crippen molar-refractivity contribution in [3.63, 3.8) is 0 Å². The molecule has 0 spiro atoms. The molecule has 4 rings (SSSR count). The van der Waals surface area contributed by atoms with E-state index in [1.54, 1.807) is 0 Å². The highest BCUT2D eigenvalue weighted by molar-refractivity contribution is 7.80. The van der Waals surface area contributed by atoms with Crippen LogP contribution in [0.15, 0.2) is 0 Å². The third kappa shape index (κ3) is 9.72. The van der Waals surface area contributed by atoms with Crippen molar-refractivity contribution in [2.75, 3.05) is 19.8 Å². The number of aliphatic hydroxyl groups is 9. The van der Waals surface area contributed by atoms with Gasteiger partial charge in [-0.2, -0.15) is 8.42 Å². The summed E-state index contributed by atoms with van der Waals surface area (Å²) in [7, 11) is -5.29. The summed E-state index contributed by atoms with van der Waals surface area (Å²) in [5.74, 6) is -4.64. The van der Waals surface area contributed by atoms with Crippen LogP contribution in [-0.4, -0.2) is 223 Å². The first-order valence-electron chi connectivity index (χ1n) is 15.6. The van der Waals surface area contributed by atoms with E-state index in [-0.39, 0.29) is 0 Å². The molecule has 0 saturated carbocycles. The molecule has 13 N–H and O–H groups in total. The zero-order valence-electron chi connectivity index (χ0n) is 27.2. The third-order valence-electron chi connectivity index (χ3n) is 8.69. The Kier molecular flexibility index (Phi) is 14.4. The highest BCUT2D eigenvalue weighted by atomic mass is 32.3. The number of rotatable bonds is 14. The lowest BCUT2D eigenvalue weighted by molar-refractivity contribution is -0.364. The van der Waals surface area contributed by atoms with Crippen LogP contribution in [0.1, 0.15) is 6.92 Å². The summed E-state index contributed by atoms with van der Waals surface area (Å²) in [5, 5.41) is 115. The Bertz CT molecular complexity index is 1390. The number of amides is 1. The van der Waals surface area contributed by atoms with Crippen LogP contribution in [0.5, 0.6) is 0 Å². The Morgan fingerprint density at radius 2 is 1.11 bits per heavy atom. The predicted octanol–water partition coefficient (Wildman–Crippen LogP) is -8.91. The topological polar surface area (TPSA) is 414 Å². The molecule has 0 aliphatic carbocycles. The van der Waals surface area contributed by atoms with Gasteiger partial charge in [0.1, 0.15) is 85.4 Å². The lowest BCUT2D eigenvalue weighted by Gasteiger charge is -2.49. The summed E-state index contributed by atoms with van der Waals surface area (Å²) in [6.07, 6.45) is -36.4. The molecule has 1 amide bonds. The van der Waals surface area contributed by atoms with Gasteiger partial charge in [-0.25, -0.2) is 13.8 Å². The van der Waals surface area contributed by atoms with Crippen molar-refractivity contribution >= 4 is 28.2 Å².